The van der Waals surface area contributed by atoms with E-state index in [4.69, 9.17) is 9.84 Å². The fraction of sp³-hybridized carbons (Fsp3) is 0.429. The standard InChI is InChI=1S/C14H17NO5/c1-20-10-5-2-4-9(12(10)18)13(19)15-14(6-3-7-14)8-11(16)17/h2,4-5,18H,3,6-8H2,1H3,(H,15,19)(H,16,17). The molecule has 1 aliphatic rings. The van der Waals surface area contributed by atoms with E-state index in [0.717, 1.165) is 6.42 Å². The van der Waals surface area contributed by atoms with Gasteiger partial charge in [0.1, 0.15) is 0 Å². The van der Waals surface area contributed by atoms with E-state index in [2.05, 4.69) is 5.32 Å². The van der Waals surface area contributed by atoms with Gasteiger partial charge >= 0.3 is 5.97 Å². The van der Waals surface area contributed by atoms with Crippen molar-refractivity contribution in [2.45, 2.75) is 31.2 Å². The second kappa shape index (κ2) is 5.40. The van der Waals surface area contributed by atoms with E-state index in [1.54, 1.807) is 12.1 Å². The molecular weight excluding hydrogens is 262 g/mol. The number of hydrogen-bond donors (Lipinski definition) is 3. The van der Waals surface area contributed by atoms with Gasteiger partial charge in [-0.05, 0) is 31.4 Å². The number of aromatic hydroxyl groups is 1. The minimum atomic E-state index is -0.945. The number of phenols is 1. The van der Waals surface area contributed by atoms with Crippen LogP contribution >= 0.6 is 0 Å². The molecule has 2 rings (SSSR count). The molecule has 0 atom stereocenters. The zero-order chi connectivity index (χ0) is 14.8. The average Bonchev–Trinajstić information content (AvgIpc) is 2.35. The maximum atomic E-state index is 12.2. The highest BCUT2D eigenvalue weighted by molar-refractivity contribution is 5.98. The highest BCUT2D eigenvalue weighted by Crippen LogP contribution is 2.36. The van der Waals surface area contributed by atoms with Crippen LogP contribution in [0.1, 0.15) is 36.0 Å². The van der Waals surface area contributed by atoms with Crippen molar-refractivity contribution in [3.05, 3.63) is 23.8 Å². The number of ether oxygens (including phenoxy) is 1. The summed E-state index contributed by atoms with van der Waals surface area (Å²) in [4.78, 5) is 23.1. The number of carbonyl (C=O) groups excluding carboxylic acids is 1. The van der Waals surface area contributed by atoms with Crippen LogP contribution in [0.15, 0.2) is 18.2 Å². The minimum absolute atomic E-state index is 0.0843. The Morgan fingerprint density at radius 1 is 1.40 bits per heavy atom. The first-order valence-corrected chi connectivity index (χ1v) is 6.38. The van der Waals surface area contributed by atoms with E-state index < -0.39 is 17.4 Å². The van der Waals surface area contributed by atoms with Crippen LogP contribution in [0.2, 0.25) is 0 Å². The van der Waals surface area contributed by atoms with Crippen LogP contribution in [-0.2, 0) is 4.79 Å². The number of rotatable bonds is 5. The molecule has 1 aliphatic carbocycles. The third kappa shape index (κ3) is 2.68. The number of carbonyl (C=O) groups is 2. The van der Waals surface area contributed by atoms with Gasteiger partial charge in [0.15, 0.2) is 11.5 Å². The van der Waals surface area contributed by atoms with E-state index >= 15 is 0 Å². The molecular formula is C14H17NO5. The molecule has 1 fully saturated rings. The first kappa shape index (κ1) is 14.2. The summed E-state index contributed by atoms with van der Waals surface area (Å²) in [6, 6.07) is 4.61. The molecule has 0 radical (unpaired) electrons. The summed E-state index contributed by atoms with van der Waals surface area (Å²) in [6.45, 7) is 0. The molecule has 20 heavy (non-hydrogen) atoms. The Morgan fingerprint density at radius 3 is 2.60 bits per heavy atom. The van der Waals surface area contributed by atoms with Crippen LogP contribution in [0.5, 0.6) is 11.5 Å². The number of phenolic OH excluding ortho intramolecular Hbond substituents is 1. The van der Waals surface area contributed by atoms with Crippen molar-refractivity contribution < 1.29 is 24.5 Å². The molecule has 3 N–H and O–H groups in total. The van der Waals surface area contributed by atoms with Gasteiger partial charge in [-0.1, -0.05) is 6.07 Å². The molecule has 0 aromatic heterocycles. The van der Waals surface area contributed by atoms with Crippen molar-refractivity contribution in [2.75, 3.05) is 7.11 Å². The summed E-state index contributed by atoms with van der Waals surface area (Å²) >= 11 is 0. The minimum Gasteiger partial charge on any atom is -0.504 e. The third-order valence-electron chi connectivity index (χ3n) is 3.64. The van der Waals surface area contributed by atoms with Crippen LogP contribution in [0.4, 0.5) is 0 Å². The summed E-state index contributed by atoms with van der Waals surface area (Å²) < 4.78 is 4.95. The Kier molecular flexibility index (Phi) is 3.83. The molecule has 1 aromatic carbocycles. The molecule has 1 saturated carbocycles. The van der Waals surface area contributed by atoms with E-state index in [1.807, 2.05) is 0 Å². The molecule has 6 heteroatoms. The second-order valence-electron chi connectivity index (χ2n) is 5.01. The zero-order valence-corrected chi connectivity index (χ0v) is 11.2. The summed E-state index contributed by atoms with van der Waals surface area (Å²) in [5.41, 5.74) is -0.612. The molecule has 0 aliphatic heterocycles. The van der Waals surface area contributed by atoms with Crippen molar-refractivity contribution in [3.63, 3.8) is 0 Å². The van der Waals surface area contributed by atoms with Gasteiger partial charge < -0.3 is 20.3 Å². The summed E-state index contributed by atoms with van der Waals surface area (Å²) in [5.74, 6) is -1.46. The predicted molar refractivity (Wildman–Crippen MR) is 71.0 cm³/mol. The smallest absolute Gasteiger partial charge is 0.305 e. The highest BCUT2D eigenvalue weighted by atomic mass is 16.5. The van der Waals surface area contributed by atoms with E-state index in [0.29, 0.717) is 12.8 Å². The third-order valence-corrected chi connectivity index (χ3v) is 3.64. The Bertz CT molecular complexity index is 536. The number of carboxylic acid groups (broad SMARTS) is 1. The number of para-hydroxylation sites is 1. The van der Waals surface area contributed by atoms with Crippen LogP contribution < -0.4 is 10.1 Å². The van der Waals surface area contributed by atoms with Crippen molar-refractivity contribution in [1.82, 2.24) is 5.32 Å². The number of methoxy groups -OCH3 is 1. The first-order chi connectivity index (χ1) is 9.47. The molecule has 0 unspecified atom stereocenters. The lowest BCUT2D eigenvalue weighted by Gasteiger charge is -2.41. The van der Waals surface area contributed by atoms with Gasteiger partial charge in [-0.15, -0.1) is 0 Å². The second-order valence-corrected chi connectivity index (χ2v) is 5.01. The van der Waals surface area contributed by atoms with Gasteiger partial charge in [0.25, 0.3) is 5.91 Å². The van der Waals surface area contributed by atoms with Crippen LogP contribution in [0.25, 0.3) is 0 Å². The molecule has 0 spiro atoms. The van der Waals surface area contributed by atoms with Crippen molar-refractivity contribution in [3.8, 4) is 11.5 Å². The number of hydrogen-bond acceptors (Lipinski definition) is 4. The van der Waals surface area contributed by atoms with Crippen molar-refractivity contribution >= 4 is 11.9 Å². The average molecular weight is 279 g/mol. The lowest BCUT2D eigenvalue weighted by Crippen LogP contribution is -2.54. The molecule has 1 amide bonds. The van der Waals surface area contributed by atoms with Gasteiger partial charge in [-0.2, -0.15) is 0 Å². The molecule has 108 valence electrons. The largest absolute Gasteiger partial charge is 0.504 e. The SMILES string of the molecule is COc1cccc(C(=O)NC2(CC(=O)O)CCC2)c1O. The van der Waals surface area contributed by atoms with Crippen molar-refractivity contribution in [1.29, 1.82) is 0 Å². The van der Waals surface area contributed by atoms with Crippen molar-refractivity contribution in [2.24, 2.45) is 0 Å². The topological polar surface area (TPSA) is 95.9 Å². The number of aliphatic carboxylic acids is 1. The van der Waals surface area contributed by atoms with Gasteiger partial charge in [0.2, 0.25) is 0 Å². The van der Waals surface area contributed by atoms with E-state index in [-0.39, 0.29) is 23.5 Å². The summed E-state index contributed by atoms with van der Waals surface area (Å²) in [6.07, 6.45) is 2.05. The number of benzene rings is 1. The Labute approximate surface area is 116 Å². The first-order valence-electron chi connectivity index (χ1n) is 6.38. The zero-order valence-electron chi connectivity index (χ0n) is 11.2. The van der Waals surface area contributed by atoms with Crippen LogP contribution in [0, 0.1) is 0 Å². The van der Waals surface area contributed by atoms with Gasteiger partial charge in [-0.3, -0.25) is 9.59 Å². The lowest BCUT2D eigenvalue weighted by atomic mass is 9.74. The predicted octanol–water partition coefficient (Wildman–Crippen LogP) is 1.53. The number of nitrogens with one attached hydrogen (secondary N) is 1. The fourth-order valence-electron chi connectivity index (χ4n) is 2.42. The van der Waals surface area contributed by atoms with Gasteiger partial charge in [0, 0.05) is 0 Å². The van der Waals surface area contributed by atoms with Crippen LogP contribution in [-0.4, -0.2) is 34.7 Å². The molecule has 0 heterocycles. The molecule has 0 bridgehead atoms. The molecule has 6 nitrogen and oxygen atoms in total. The van der Waals surface area contributed by atoms with E-state index in [1.165, 1.54) is 13.2 Å². The van der Waals surface area contributed by atoms with Gasteiger partial charge in [0.05, 0.1) is 24.6 Å². The van der Waals surface area contributed by atoms with Gasteiger partial charge in [-0.25, -0.2) is 0 Å². The van der Waals surface area contributed by atoms with E-state index in [9.17, 15) is 14.7 Å². The highest BCUT2D eigenvalue weighted by Gasteiger charge is 2.40. The Balaban J connectivity index is 2.18. The Hall–Kier alpha value is -2.24. The number of amides is 1. The molecule has 0 saturated heterocycles. The maximum Gasteiger partial charge on any atom is 0.305 e. The monoisotopic (exact) mass is 279 g/mol. The number of carboxylic acids is 1. The lowest BCUT2D eigenvalue weighted by molar-refractivity contribution is -0.139. The summed E-state index contributed by atoms with van der Waals surface area (Å²) in [5, 5.41) is 21.6. The summed E-state index contributed by atoms with van der Waals surface area (Å²) in [7, 11) is 1.40. The normalized spacial score (nSPS) is 16.1. The molecule has 1 aromatic rings. The Morgan fingerprint density at radius 2 is 2.10 bits per heavy atom. The maximum absolute atomic E-state index is 12.2. The van der Waals surface area contributed by atoms with Crippen LogP contribution in [0.3, 0.4) is 0 Å². The quantitative estimate of drug-likeness (QED) is 0.759. The fourth-order valence-corrected chi connectivity index (χ4v) is 2.42.